The quantitative estimate of drug-likeness (QED) is 0.775. The summed E-state index contributed by atoms with van der Waals surface area (Å²) in [6.07, 6.45) is 0. The number of carbonyl (C=O) groups is 1. The second-order valence-corrected chi connectivity index (χ2v) is 6.50. The summed E-state index contributed by atoms with van der Waals surface area (Å²) in [5.74, 6) is 0.0481. The first-order chi connectivity index (χ1) is 9.52. The van der Waals surface area contributed by atoms with E-state index < -0.39 is 0 Å². The summed E-state index contributed by atoms with van der Waals surface area (Å²) in [5.41, 5.74) is 2.88. The highest BCUT2D eigenvalue weighted by Gasteiger charge is 2.21. The van der Waals surface area contributed by atoms with Crippen LogP contribution in [0.25, 0.3) is 10.6 Å². The van der Waals surface area contributed by atoms with Crippen LogP contribution in [0.2, 0.25) is 0 Å². The van der Waals surface area contributed by atoms with Gasteiger partial charge in [-0.2, -0.15) is 11.3 Å². The van der Waals surface area contributed by atoms with Crippen molar-refractivity contribution in [2.45, 2.75) is 20.8 Å². The van der Waals surface area contributed by atoms with Crippen LogP contribution in [0.1, 0.15) is 29.2 Å². The minimum Gasteiger partial charge on any atom is -0.334 e. The molecule has 0 aromatic carbocycles. The summed E-state index contributed by atoms with van der Waals surface area (Å²) >= 11 is 3.11. The average Bonchev–Trinajstić information content (AvgIpc) is 3.03. The number of amides is 1. The van der Waals surface area contributed by atoms with Gasteiger partial charge in [0, 0.05) is 24.0 Å². The largest absolute Gasteiger partial charge is 0.334 e. The van der Waals surface area contributed by atoms with Gasteiger partial charge in [-0.15, -0.1) is 11.3 Å². The Bertz CT molecular complexity index is 614. The van der Waals surface area contributed by atoms with Crippen LogP contribution >= 0.6 is 22.7 Å². The molecule has 0 aliphatic carbocycles. The van der Waals surface area contributed by atoms with Gasteiger partial charge in [0.2, 0.25) is 0 Å². The molecule has 2 rings (SSSR count). The van der Waals surface area contributed by atoms with Crippen molar-refractivity contribution in [2.75, 3.05) is 13.1 Å². The average molecular weight is 306 g/mol. The number of aryl methyl sites for hydroxylation is 1. The highest BCUT2D eigenvalue weighted by Crippen LogP contribution is 2.30. The molecule has 0 atom stereocenters. The van der Waals surface area contributed by atoms with E-state index in [1.165, 1.54) is 11.3 Å². The Labute approximate surface area is 127 Å². The first-order valence-corrected chi connectivity index (χ1v) is 8.22. The molecule has 106 valence electrons. The highest BCUT2D eigenvalue weighted by atomic mass is 32.1. The molecule has 0 saturated heterocycles. The first-order valence-electron chi connectivity index (χ1n) is 6.46. The third-order valence-corrected chi connectivity index (χ3v) is 4.77. The van der Waals surface area contributed by atoms with E-state index in [1.807, 2.05) is 32.2 Å². The van der Waals surface area contributed by atoms with Crippen LogP contribution < -0.4 is 0 Å². The SMILES string of the molecule is C=C(C)CN(CC)C(=O)c1sc(-c2ccsc2)nc1C. The van der Waals surface area contributed by atoms with Gasteiger partial charge in [-0.1, -0.05) is 12.2 Å². The maximum absolute atomic E-state index is 12.6. The Morgan fingerprint density at radius 2 is 2.25 bits per heavy atom. The van der Waals surface area contributed by atoms with Gasteiger partial charge in [-0.05, 0) is 32.2 Å². The van der Waals surface area contributed by atoms with Gasteiger partial charge in [0.15, 0.2) is 0 Å². The number of likely N-dealkylation sites (N-methyl/N-ethyl adjacent to an activating group) is 1. The Hall–Kier alpha value is -1.46. The maximum Gasteiger partial charge on any atom is 0.266 e. The molecule has 0 radical (unpaired) electrons. The molecule has 5 heteroatoms. The van der Waals surface area contributed by atoms with Crippen LogP contribution in [0.3, 0.4) is 0 Å². The predicted octanol–water partition coefficient (Wildman–Crippen LogP) is 4.22. The van der Waals surface area contributed by atoms with Crippen molar-refractivity contribution in [3.05, 3.63) is 39.5 Å². The van der Waals surface area contributed by atoms with Crippen molar-refractivity contribution in [1.82, 2.24) is 9.88 Å². The summed E-state index contributed by atoms with van der Waals surface area (Å²) < 4.78 is 0. The molecule has 0 N–H and O–H groups in total. The van der Waals surface area contributed by atoms with Crippen LogP contribution in [-0.4, -0.2) is 28.9 Å². The molecule has 3 nitrogen and oxygen atoms in total. The van der Waals surface area contributed by atoms with Crippen molar-refractivity contribution < 1.29 is 4.79 Å². The third kappa shape index (κ3) is 3.16. The van der Waals surface area contributed by atoms with Crippen molar-refractivity contribution in [3.8, 4) is 10.6 Å². The number of thiazole rings is 1. The van der Waals surface area contributed by atoms with Crippen LogP contribution in [0.15, 0.2) is 29.0 Å². The molecule has 2 aromatic heterocycles. The van der Waals surface area contributed by atoms with Gasteiger partial charge in [0.25, 0.3) is 5.91 Å². The summed E-state index contributed by atoms with van der Waals surface area (Å²) in [4.78, 5) is 19.6. The minimum atomic E-state index is 0.0481. The lowest BCUT2D eigenvalue weighted by Gasteiger charge is -2.20. The number of aromatic nitrogens is 1. The minimum absolute atomic E-state index is 0.0481. The fourth-order valence-electron chi connectivity index (χ4n) is 1.90. The van der Waals surface area contributed by atoms with E-state index >= 15 is 0 Å². The number of nitrogens with zero attached hydrogens (tertiary/aromatic N) is 2. The van der Waals surface area contributed by atoms with E-state index in [4.69, 9.17) is 0 Å². The predicted molar refractivity (Wildman–Crippen MR) is 86.6 cm³/mol. The summed E-state index contributed by atoms with van der Waals surface area (Å²) in [5, 5.41) is 4.99. The summed E-state index contributed by atoms with van der Waals surface area (Å²) in [6.45, 7) is 11.0. The van der Waals surface area contributed by atoms with E-state index in [0.29, 0.717) is 13.1 Å². The fourth-order valence-corrected chi connectivity index (χ4v) is 3.65. The second kappa shape index (κ2) is 6.33. The zero-order chi connectivity index (χ0) is 14.7. The lowest BCUT2D eigenvalue weighted by atomic mass is 10.3. The first kappa shape index (κ1) is 14.9. The molecule has 0 bridgehead atoms. The molecule has 0 aliphatic heterocycles. The van der Waals surface area contributed by atoms with Gasteiger partial charge in [0.05, 0.1) is 5.69 Å². The molecule has 0 spiro atoms. The molecule has 0 unspecified atom stereocenters. The monoisotopic (exact) mass is 306 g/mol. The topological polar surface area (TPSA) is 33.2 Å². The number of hydrogen-bond acceptors (Lipinski definition) is 4. The van der Waals surface area contributed by atoms with Crippen molar-refractivity contribution >= 4 is 28.6 Å². The number of thiophene rings is 1. The molecule has 0 fully saturated rings. The second-order valence-electron chi connectivity index (χ2n) is 4.72. The standard InChI is InChI=1S/C15H18N2OS2/c1-5-17(8-10(2)3)15(18)13-11(4)16-14(20-13)12-6-7-19-9-12/h6-7,9H,2,5,8H2,1,3-4H3. The lowest BCUT2D eigenvalue weighted by molar-refractivity contribution is 0.0782. The molecule has 0 aliphatic rings. The smallest absolute Gasteiger partial charge is 0.266 e. The summed E-state index contributed by atoms with van der Waals surface area (Å²) in [6, 6.07) is 2.03. The Kier molecular flexibility index (Phi) is 4.73. The maximum atomic E-state index is 12.6. The zero-order valence-electron chi connectivity index (χ0n) is 12.0. The molecule has 2 aromatic rings. The Morgan fingerprint density at radius 1 is 1.50 bits per heavy atom. The van der Waals surface area contributed by atoms with E-state index in [2.05, 4.69) is 16.9 Å². The van der Waals surface area contributed by atoms with E-state index in [9.17, 15) is 4.79 Å². The van der Waals surface area contributed by atoms with E-state index in [1.54, 1.807) is 16.2 Å². The van der Waals surface area contributed by atoms with Gasteiger partial charge >= 0.3 is 0 Å². The number of rotatable bonds is 5. The van der Waals surface area contributed by atoms with Gasteiger partial charge in [0.1, 0.15) is 9.88 Å². The van der Waals surface area contributed by atoms with Crippen LogP contribution in [-0.2, 0) is 0 Å². The van der Waals surface area contributed by atoms with Crippen LogP contribution in [0, 0.1) is 6.92 Å². The van der Waals surface area contributed by atoms with Crippen molar-refractivity contribution in [2.24, 2.45) is 0 Å². The van der Waals surface area contributed by atoms with Gasteiger partial charge in [-0.25, -0.2) is 4.98 Å². The fraction of sp³-hybridized carbons (Fsp3) is 0.333. The molecule has 0 saturated carbocycles. The third-order valence-electron chi connectivity index (χ3n) is 2.89. The van der Waals surface area contributed by atoms with E-state index in [-0.39, 0.29) is 5.91 Å². The zero-order valence-corrected chi connectivity index (χ0v) is 13.6. The normalized spacial score (nSPS) is 10.6. The molecule has 20 heavy (non-hydrogen) atoms. The van der Waals surface area contributed by atoms with Crippen molar-refractivity contribution in [3.63, 3.8) is 0 Å². The van der Waals surface area contributed by atoms with Gasteiger partial charge < -0.3 is 4.90 Å². The summed E-state index contributed by atoms with van der Waals surface area (Å²) in [7, 11) is 0. The Morgan fingerprint density at radius 3 is 2.80 bits per heavy atom. The van der Waals surface area contributed by atoms with E-state index in [0.717, 1.165) is 26.7 Å². The molecule has 2 heterocycles. The molecule has 1 amide bonds. The van der Waals surface area contributed by atoms with Crippen molar-refractivity contribution in [1.29, 1.82) is 0 Å². The van der Waals surface area contributed by atoms with Gasteiger partial charge in [-0.3, -0.25) is 4.79 Å². The van der Waals surface area contributed by atoms with Crippen LogP contribution in [0.5, 0.6) is 0 Å². The number of hydrogen-bond donors (Lipinski definition) is 0. The Balaban J connectivity index is 2.28. The molecular weight excluding hydrogens is 288 g/mol. The lowest BCUT2D eigenvalue weighted by Crippen LogP contribution is -2.32. The van der Waals surface area contributed by atoms with Crippen LogP contribution in [0.4, 0.5) is 0 Å². The molecular formula is C15H18N2OS2. The number of carbonyl (C=O) groups excluding carboxylic acids is 1. The highest BCUT2D eigenvalue weighted by molar-refractivity contribution is 7.17.